The number of aliphatic carboxylic acids is 5. The summed E-state index contributed by atoms with van der Waals surface area (Å²) in [7, 11) is 0. The first kappa shape index (κ1) is 44.1. The van der Waals surface area contributed by atoms with Crippen molar-refractivity contribution in [2.45, 2.75) is 109 Å². The molecule has 0 aliphatic carbocycles. The maximum atomic E-state index is 12.5. The van der Waals surface area contributed by atoms with Crippen molar-refractivity contribution in [1.82, 2.24) is 16.0 Å². The Hall–Kier alpha value is -4.90. The summed E-state index contributed by atoms with van der Waals surface area (Å²) in [6.45, 7) is 3.02. The van der Waals surface area contributed by atoms with Crippen LogP contribution in [-0.4, -0.2) is 103 Å². The van der Waals surface area contributed by atoms with Crippen LogP contribution in [0.2, 0.25) is 0 Å². The second-order valence-corrected chi connectivity index (χ2v) is 11.9. The SMILES string of the molecule is CC(=O)C[C@@H](CCC(=O)N[C@@H](CCC(=O)C[C@@H](CCC(=O)N[C@@H](CCC(=O)NCCCC[C@H](C)C(=O)O)C(=O)O)C(=O)O)C(=O)O)C(=O)O. The maximum Gasteiger partial charge on any atom is 0.326 e. The van der Waals surface area contributed by atoms with E-state index in [1.165, 1.54) is 6.92 Å². The van der Waals surface area contributed by atoms with E-state index in [2.05, 4.69) is 16.0 Å². The van der Waals surface area contributed by atoms with Crippen LogP contribution in [-0.2, 0) is 47.9 Å². The van der Waals surface area contributed by atoms with E-state index in [9.17, 15) is 63.3 Å². The Morgan fingerprint density at radius 2 is 0.959 bits per heavy atom. The van der Waals surface area contributed by atoms with Crippen LogP contribution in [0.5, 0.6) is 0 Å². The fourth-order valence-electron chi connectivity index (χ4n) is 4.60. The Balaban J connectivity index is 4.79. The molecule has 3 amide bonds. The number of Topliss-reactive ketones (excluding diaryl/α,β-unsaturated/α-hetero) is 2. The molecule has 0 saturated carbocycles. The zero-order valence-corrected chi connectivity index (χ0v) is 27.6. The zero-order chi connectivity index (χ0) is 37.7. The molecule has 0 unspecified atom stereocenters. The first-order valence-electron chi connectivity index (χ1n) is 15.8. The van der Waals surface area contributed by atoms with Gasteiger partial charge in [-0.2, -0.15) is 0 Å². The standard InChI is InChI=1S/C31H47N3O15/c1-17(27(40)41)5-3-4-14-32-24(37)13-10-23(31(48)49)34-26(39)12-7-20(29(44)45)16-21(36)8-9-22(30(46)47)33-25(38)11-6-19(28(42)43)15-18(2)35/h17,19-20,22-23H,3-16H2,1-2H3,(H,32,37)(H,33,38)(H,34,39)(H,40,41)(H,42,43)(H,44,45)(H,46,47)(H,48,49)/t17-,19+,20+,22-,23-/m0/s1. The second kappa shape index (κ2) is 23.4. The number of carboxylic acids is 5. The lowest BCUT2D eigenvalue weighted by Gasteiger charge is -2.17. The third-order valence-electron chi connectivity index (χ3n) is 7.59. The highest BCUT2D eigenvalue weighted by Gasteiger charge is 2.27. The van der Waals surface area contributed by atoms with Gasteiger partial charge in [0.05, 0.1) is 17.8 Å². The van der Waals surface area contributed by atoms with Crippen molar-refractivity contribution in [1.29, 1.82) is 0 Å². The molecule has 0 fully saturated rings. The molecule has 49 heavy (non-hydrogen) atoms. The van der Waals surface area contributed by atoms with Crippen molar-refractivity contribution in [2.75, 3.05) is 6.54 Å². The van der Waals surface area contributed by atoms with Gasteiger partial charge in [-0.1, -0.05) is 13.3 Å². The van der Waals surface area contributed by atoms with Crippen LogP contribution in [0.4, 0.5) is 0 Å². The molecule has 0 aromatic heterocycles. The molecule has 0 bridgehead atoms. The largest absolute Gasteiger partial charge is 0.481 e. The van der Waals surface area contributed by atoms with Crippen LogP contribution in [0.25, 0.3) is 0 Å². The molecule has 8 N–H and O–H groups in total. The van der Waals surface area contributed by atoms with E-state index in [1.807, 2.05) is 0 Å². The summed E-state index contributed by atoms with van der Waals surface area (Å²) >= 11 is 0. The molecule has 18 heteroatoms. The number of carboxylic acid groups (broad SMARTS) is 5. The van der Waals surface area contributed by atoms with Crippen LogP contribution >= 0.6 is 0 Å². The van der Waals surface area contributed by atoms with Crippen LogP contribution < -0.4 is 16.0 Å². The van der Waals surface area contributed by atoms with Crippen molar-refractivity contribution >= 4 is 59.1 Å². The predicted molar refractivity (Wildman–Crippen MR) is 167 cm³/mol. The molecule has 0 aromatic rings. The molecule has 0 saturated heterocycles. The molecule has 0 radical (unpaired) electrons. The lowest BCUT2D eigenvalue weighted by molar-refractivity contribution is -0.145. The van der Waals surface area contributed by atoms with Crippen molar-refractivity contribution in [3.05, 3.63) is 0 Å². The summed E-state index contributed by atoms with van der Waals surface area (Å²) in [6, 6.07) is -2.99. The number of carbonyl (C=O) groups excluding carboxylic acids is 5. The topological polar surface area (TPSA) is 308 Å². The third-order valence-corrected chi connectivity index (χ3v) is 7.59. The van der Waals surface area contributed by atoms with Crippen LogP contribution in [0.3, 0.4) is 0 Å². The highest BCUT2D eigenvalue weighted by Crippen LogP contribution is 2.16. The monoisotopic (exact) mass is 701 g/mol. The summed E-state index contributed by atoms with van der Waals surface area (Å²) < 4.78 is 0. The van der Waals surface area contributed by atoms with Crippen LogP contribution in [0.15, 0.2) is 0 Å². The average molecular weight is 702 g/mol. The Kier molecular flexibility index (Phi) is 21.1. The Bertz CT molecular complexity index is 1220. The summed E-state index contributed by atoms with van der Waals surface area (Å²) in [5, 5.41) is 53.4. The van der Waals surface area contributed by atoms with Gasteiger partial charge in [-0.05, 0) is 45.4 Å². The van der Waals surface area contributed by atoms with Crippen molar-refractivity contribution in [2.24, 2.45) is 17.8 Å². The van der Waals surface area contributed by atoms with E-state index < -0.39 is 121 Å². The van der Waals surface area contributed by atoms with Gasteiger partial charge in [-0.15, -0.1) is 0 Å². The first-order chi connectivity index (χ1) is 22.8. The van der Waals surface area contributed by atoms with E-state index in [-0.39, 0.29) is 38.6 Å². The van der Waals surface area contributed by atoms with Gasteiger partial charge >= 0.3 is 29.8 Å². The van der Waals surface area contributed by atoms with Gasteiger partial charge in [-0.25, -0.2) is 9.59 Å². The molecule has 18 nitrogen and oxygen atoms in total. The van der Waals surface area contributed by atoms with Gasteiger partial charge in [-0.3, -0.25) is 33.6 Å². The number of carbonyl (C=O) groups is 10. The van der Waals surface area contributed by atoms with Gasteiger partial charge in [0, 0.05) is 45.1 Å². The Labute approximate surface area is 282 Å². The number of ketones is 2. The quantitative estimate of drug-likeness (QED) is 0.0518. The van der Waals surface area contributed by atoms with Crippen molar-refractivity contribution in [3.8, 4) is 0 Å². The third kappa shape index (κ3) is 20.8. The van der Waals surface area contributed by atoms with E-state index >= 15 is 0 Å². The molecule has 276 valence electrons. The molecule has 0 spiro atoms. The predicted octanol–water partition coefficient (Wildman–Crippen LogP) is 0.593. The van der Waals surface area contributed by atoms with Crippen LogP contribution in [0, 0.1) is 17.8 Å². The number of nitrogens with one attached hydrogen (secondary N) is 3. The lowest BCUT2D eigenvalue weighted by Crippen LogP contribution is -2.42. The summed E-state index contributed by atoms with van der Waals surface area (Å²) in [4.78, 5) is 117. The highest BCUT2D eigenvalue weighted by molar-refractivity contribution is 5.88. The van der Waals surface area contributed by atoms with E-state index in [4.69, 9.17) is 10.2 Å². The fraction of sp³-hybridized carbons (Fsp3) is 0.677. The zero-order valence-electron chi connectivity index (χ0n) is 27.6. The first-order valence-corrected chi connectivity index (χ1v) is 15.8. The molecule has 0 heterocycles. The van der Waals surface area contributed by atoms with Crippen LogP contribution in [0.1, 0.15) is 97.3 Å². The number of amides is 3. The van der Waals surface area contributed by atoms with Gasteiger partial charge in [0.2, 0.25) is 17.7 Å². The molecule has 0 aliphatic rings. The molecular formula is C31H47N3O15. The average Bonchev–Trinajstić information content (AvgIpc) is 3.00. The second-order valence-electron chi connectivity index (χ2n) is 11.9. The molecule has 0 aromatic carbocycles. The molecular weight excluding hydrogens is 654 g/mol. The lowest BCUT2D eigenvalue weighted by atomic mass is 9.94. The number of unbranched alkanes of at least 4 members (excludes halogenated alkanes) is 1. The minimum absolute atomic E-state index is 0.221. The Morgan fingerprint density at radius 3 is 1.39 bits per heavy atom. The molecule has 0 rings (SSSR count). The molecule has 5 atom stereocenters. The normalized spacial score (nSPS) is 13.8. The highest BCUT2D eigenvalue weighted by atomic mass is 16.4. The van der Waals surface area contributed by atoms with Crippen molar-refractivity contribution < 1.29 is 73.5 Å². The Morgan fingerprint density at radius 1 is 0.510 bits per heavy atom. The summed E-state index contributed by atoms with van der Waals surface area (Å²) in [5.41, 5.74) is 0. The number of rotatable bonds is 28. The fourth-order valence-corrected chi connectivity index (χ4v) is 4.60. The number of hydrogen-bond donors (Lipinski definition) is 8. The molecule has 0 aliphatic heterocycles. The summed E-state index contributed by atoms with van der Waals surface area (Å²) in [6.07, 6.45) is -2.14. The van der Waals surface area contributed by atoms with Gasteiger partial charge in [0.25, 0.3) is 0 Å². The van der Waals surface area contributed by atoms with E-state index in [1.54, 1.807) is 6.92 Å². The minimum Gasteiger partial charge on any atom is -0.481 e. The minimum atomic E-state index is -1.54. The van der Waals surface area contributed by atoms with Gasteiger partial charge in [0.15, 0.2) is 0 Å². The summed E-state index contributed by atoms with van der Waals surface area (Å²) in [5.74, 6) is -12.7. The van der Waals surface area contributed by atoms with Gasteiger partial charge < -0.3 is 46.3 Å². The number of hydrogen-bond acceptors (Lipinski definition) is 10. The van der Waals surface area contributed by atoms with Crippen molar-refractivity contribution in [3.63, 3.8) is 0 Å². The maximum absolute atomic E-state index is 12.5. The van der Waals surface area contributed by atoms with E-state index in [0.717, 1.165) is 0 Å². The smallest absolute Gasteiger partial charge is 0.326 e. The van der Waals surface area contributed by atoms with Gasteiger partial charge in [0.1, 0.15) is 23.7 Å². The van der Waals surface area contributed by atoms with E-state index in [0.29, 0.717) is 19.3 Å².